The molecule has 4 rings (SSSR count). The molecule has 0 bridgehead atoms. The molecule has 0 unspecified atom stereocenters. The predicted molar refractivity (Wildman–Crippen MR) is 75.6 cm³/mol. The molecule has 2 aliphatic rings. The largest absolute Gasteiger partial charge is 0.508 e. The van der Waals surface area contributed by atoms with Gasteiger partial charge in [-0.3, -0.25) is 0 Å². The van der Waals surface area contributed by atoms with Crippen LogP contribution in [-0.2, 0) is 6.42 Å². The summed E-state index contributed by atoms with van der Waals surface area (Å²) >= 11 is 0. The molecule has 1 aliphatic carbocycles. The number of aromatic hydroxyl groups is 2. The van der Waals surface area contributed by atoms with Crippen LogP contribution in [0.25, 0.3) is 0 Å². The number of ether oxygens (including phenoxy) is 1. The predicted octanol–water partition coefficient (Wildman–Crippen LogP) is 3.22. The summed E-state index contributed by atoms with van der Waals surface area (Å²) in [5.41, 5.74) is 4.38. The Morgan fingerprint density at radius 3 is 2.80 bits per heavy atom. The third-order valence-electron chi connectivity index (χ3n) is 4.51. The van der Waals surface area contributed by atoms with Crippen molar-refractivity contribution in [3.05, 3.63) is 52.6 Å². The maximum Gasteiger partial charge on any atom is 0.123 e. The van der Waals surface area contributed by atoms with Gasteiger partial charge in [0, 0.05) is 23.5 Å². The van der Waals surface area contributed by atoms with Gasteiger partial charge in [0.25, 0.3) is 0 Å². The molecule has 102 valence electrons. The highest BCUT2D eigenvalue weighted by Gasteiger charge is 2.40. The lowest BCUT2D eigenvalue weighted by Crippen LogP contribution is -2.21. The average Bonchev–Trinajstić information content (AvgIpc) is 2.76. The molecule has 0 aromatic heterocycles. The van der Waals surface area contributed by atoms with Crippen molar-refractivity contribution in [1.82, 2.24) is 0 Å². The summed E-state index contributed by atoms with van der Waals surface area (Å²) in [5, 5.41) is 19.8. The van der Waals surface area contributed by atoms with E-state index in [4.69, 9.17) is 4.74 Å². The van der Waals surface area contributed by atoms with Crippen LogP contribution in [0.3, 0.4) is 0 Å². The van der Waals surface area contributed by atoms with Crippen LogP contribution >= 0.6 is 0 Å². The van der Waals surface area contributed by atoms with Crippen molar-refractivity contribution in [2.45, 2.75) is 25.2 Å². The molecule has 0 amide bonds. The summed E-state index contributed by atoms with van der Waals surface area (Å²) < 4.78 is 5.89. The van der Waals surface area contributed by atoms with Crippen molar-refractivity contribution in [3.8, 4) is 17.2 Å². The third-order valence-corrected chi connectivity index (χ3v) is 4.51. The smallest absolute Gasteiger partial charge is 0.123 e. The topological polar surface area (TPSA) is 49.7 Å². The van der Waals surface area contributed by atoms with E-state index < -0.39 is 0 Å². The fraction of sp³-hybridized carbons (Fsp3) is 0.294. The summed E-state index contributed by atoms with van der Waals surface area (Å²) in [6, 6.07) is 9.49. The molecule has 3 nitrogen and oxygen atoms in total. The minimum Gasteiger partial charge on any atom is -0.508 e. The van der Waals surface area contributed by atoms with Gasteiger partial charge < -0.3 is 14.9 Å². The molecule has 20 heavy (non-hydrogen) atoms. The molecular weight excluding hydrogens is 252 g/mol. The van der Waals surface area contributed by atoms with Gasteiger partial charge in [-0.05, 0) is 42.2 Å². The summed E-state index contributed by atoms with van der Waals surface area (Å²) in [5.74, 6) is 1.79. The van der Waals surface area contributed by atoms with Crippen molar-refractivity contribution in [3.63, 3.8) is 0 Å². The van der Waals surface area contributed by atoms with E-state index in [0.717, 1.165) is 23.3 Å². The van der Waals surface area contributed by atoms with Gasteiger partial charge in [-0.2, -0.15) is 0 Å². The lowest BCUT2D eigenvalue weighted by molar-refractivity contribution is 0.244. The van der Waals surface area contributed by atoms with Gasteiger partial charge in [0.05, 0.1) is 6.61 Å². The normalized spacial score (nSPS) is 22.6. The first kappa shape index (κ1) is 11.6. The number of fused-ring (bicyclic) bond motifs is 5. The monoisotopic (exact) mass is 268 g/mol. The summed E-state index contributed by atoms with van der Waals surface area (Å²) in [6.45, 7) is 2.65. The minimum atomic E-state index is 0.130. The molecule has 0 radical (unpaired) electrons. The molecule has 1 heterocycles. The van der Waals surface area contributed by atoms with Crippen LogP contribution in [0.15, 0.2) is 30.3 Å². The van der Waals surface area contributed by atoms with Crippen molar-refractivity contribution in [2.24, 2.45) is 0 Å². The highest BCUT2D eigenvalue weighted by atomic mass is 16.5. The van der Waals surface area contributed by atoms with Crippen molar-refractivity contribution in [1.29, 1.82) is 0 Å². The molecule has 0 saturated heterocycles. The Balaban J connectivity index is 1.84. The highest BCUT2D eigenvalue weighted by Crippen LogP contribution is 2.53. The van der Waals surface area contributed by atoms with Crippen LogP contribution in [0.4, 0.5) is 0 Å². The minimum absolute atomic E-state index is 0.130. The van der Waals surface area contributed by atoms with Crippen LogP contribution in [0.1, 0.15) is 34.1 Å². The average molecular weight is 268 g/mol. The maximum atomic E-state index is 10.1. The molecule has 1 aliphatic heterocycles. The summed E-state index contributed by atoms with van der Waals surface area (Å²) in [4.78, 5) is 0. The van der Waals surface area contributed by atoms with Gasteiger partial charge in [-0.15, -0.1) is 0 Å². The zero-order valence-electron chi connectivity index (χ0n) is 11.3. The van der Waals surface area contributed by atoms with Crippen molar-refractivity contribution in [2.75, 3.05) is 6.61 Å². The summed E-state index contributed by atoms with van der Waals surface area (Å²) in [7, 11) is 0. The Morgan fingerprint density at radius 1 is 1.10 bits per heavy atom. The molecule has 2 N–H and O–H groups in total. The number of phenolic OH excluding ortho intramolecular Hbond substituents is 2. The number of hydrogen-bond donors (Lipinski definition) is 2. The lowest BCUT2D eigenvalue weighted by atomic mass is 9.84. The molecule has 3 heteroatoms. The first-order valence-corrected chi connectivity index (χ1v) is 6.91. The first-order valence-electron chi connectivity index (χ1n) is 6.91. The highest BCUT2D eigenvalue weighted by molar-refractivity contribution is 5.56. The van der Waals surface area contributed by atoms with E-state index in [2.05, 4.69) is 25.1 Å². The van der Waals surface area contributed by atoms with E-state index in [1.54, 1.807) is 6.07 Å². The van der Waals surface area contributed by atoms with E-state index >= 15 is 0 Å². The standard InChI is InChI=1S/C17H16O3/c1-9-2-3-12-13-6-10-5-11(18)7-15(19)17(10)14(13)8-20-16(12)4-9/h2-5,7,13-14,18-19H,6,8H2,1H3/t13-,14+/m1/s1. The molecule has 0 fully saturated rings. The van der Waals surface area contributed by atoms with E-state index in [9.17, 15) is 10.2 Å². The molecule has 2 aromatic rings. The molecule has 2 atom stereocenters. The number of phenols is 2. The fourth-order valence-electron chi connectivity index (χ4n) is 3.64. The summed E-state index contributed by atoms with van der Waals surface area (Å²) in [6.07, 6.45) is 0.849. The zero-order valence-corrected chi connectivity index (χ0v) is 11.3. The maximum absolute atomic E-state index is 10.1. The van der Waals surface area contributed by atoms with Gasteiger partial charge in [-0.1, -0.05) is 12.1 Å². The van der Waals surface area contributed by atoms with Gasteiger partial charge in [-0.25, -0.2) is 0 Å². The Hall–Kier alpha value is -2.16. The van der Waals surface area contributed by atoms with Gasteiger partial charge in [0.1, 0.15) is 17.2 Å². The quantitative estimate of drug-likeness (QED) is 0.771. The second-order valence-electron chi connectivity index (χ2n) is 5.81. The van der Waals surface area contributed by atoms with E-state index in [0.29, 0.717) is 12.5 Å². The van der Waals surface area contributed by atoms with Gasteiger partial charge in [0.2, 0.25) is 0 Å². The van der Waals surface area contributed by atoms with Gasteiger partial charge in [0.15, 0.2) is 0 Å². The molecule has 0 spiro atoms. The lowest BCUT2D eigenvalue weighted by Gasteiger charge is -2.29. The molecule has 0 saturated carbocycles. The van der Waals surface area contributed by atoms with Crippen LogP contribution < -0.4 is 4.74 Å². The Bertz CT molecular complexity index is 706. The Labute approximate surface area is 117 Å². The Kier molecular flexibility index (Phi) is 2.28. The number of hydrogen-bond acceptors (Lipinski definition) is 3. The van der Waals surface area contributed by atoms with Crippen LogP contribution in [0.2, 0.25) is 0 Å². The number of rotatable bonds is 0. The van der Waals surface area contributed by atoms with E-state index in [-0.39, 0.29) is 17.4 Å². The first-order chi connectivity index (χ1) is 9.63. The van der Waals surface area contributed by atoms with Crippen molar-refractivity contribution >= 4 is 0 Å². The van der Waals surface area contributed by atoms with Crippen LogP contribution in [0, 0.1) is 6.92 Å². The second-order valence-corrected chi connectivity index (χ2v) is 5.81. The van der Waals surface area contributed by atoms with Crippen LogP contribution in [-0.4, -0.2) is 16.8 Å². The van der Waals surface area contributed by atoms with E-state index in [1.165, 1.54) is 17.2 Å². The SMILES string of the molecule is Cc1ccc2c(c1)OC[C@@H]1c3c(O)cc(O)cc3C[C@H]21. The van der Waals surface area contributed by atoms with E-state index in [1.807, 2.05) is 0 Å². The molecular formula is C17H16O3. The van der Waals surface area contributed by atoms with Gasteiger partial charge >= 0.3 is 0 Å². The third kappa shape index (κ3) is 1.52. The Morgan fingerprint density at radius 2 is 1.95 bits per heavy atom. The molecule has 2 aromatic carbocycles. The fourth-order valence-corrected chi connectivity index (χ4v) is 3.64. The zero-order chi connectivity index (χ0) is 13.9. The van der Waals surface area contributed by atoms with Crippen LogP contribution in [0.5, 0.6) is 17.2 Å². The second kappa shape index (κ2) is 3.92. The van der Waals surface area contributed by atoms with Crippen molar-refractivity contribution < 1.29 is 14.9 Å². The number of aryl methyl sites for hydroxylation is 1. The number of benzene rings is 2.